The normalized spacial score (nSPS) is 13.4. The fourth-order valence-corrected chi connectivity index (χ4v) is 5.00. The van der Waals surface area contributed by atoms with E-state index in [1.165, 1.54) is 25.7 Å². The highest BCUT2D eigenvalue weighted by Crippen LogP contribution is 2.14. The monoisotopic (exact) mass is 657 g/mol. The molecule has 2 unspecified atom stereocenters. The van der Waals surface area contributed by atoms with Gasteiger partial charge in [-0.2, -0.15) is 0 Å². The van der Waals surface area contributed by atoms with Crippen LogP contribution in [0.25, 0.3) is 0 Å². The van der Waals surface area contributed by atoms with Crippen molar-refractivity contribution in [3.05, 3.63) is 60.8 Å². The summed E-state index contributed by atoms with van der Waals surface area (Å²) >= 11 is 0. The number of nitrogens with two attached hydrogens (primary N) is 1. The molecule has 7 nitrogen and oxygen atoms in total. The van der Waals surface area contributed by atoms with E-state index in [0.717, 1.165) is 83.5 Å². The van der Waals surface area contributed by atoms with Gasteiger partial charge in [-0.05, 0) is 103 Å². The molecule has 0 saturated heterocycles. The number of nitrogens with one attached hydrogen (secondary N) is 1. The van der Waals surface area contributed by atoms with Crippen molar-refractivity contribution >= 4 is 17.8 Å². The number of hydrogen-bond acceptors (Lipinski definition) is 5. The lowest BCUT2D eigenvalue weighted by Crippen LogP contribution is -2.40. The summed E-state index contributed by atoms with van der Waals surface area (Å²) in [6, 6.07) is -0.878. The van der Waals surface area contributed by atoms with E-state index in [2.05, 4.69) is 73.8 Å². The molecule has 0 heterocycles. The highest BCUT2D eigenvalue weighted by atomic mass is 16.5. The maximum absolute atomic E-state index is 12.6. The minimum Gasteiger partial charge on any atom is -0.480 e. The number of rotatable bonds is 32. The van der Waals surface area contributed by atoms with Crippen molar-refractivity contribution in [2.45, 2.75) is 167 Å². The van der Waals surface area contributed by atoms with Gasteiger partial charge >= 0.3 is 11.9 Å². The van der Waals surface area contributed by atoms with Crippen LogP contribution in [0.2, 0.25) is 0 Å². The Kier molecular flexibility index (Phi) is 32.3. The molecule has 0 spiro atoms. The Morgan fingerprint density at radius 1 is 0.660 bits per heavy atom. The van der Waals surface area contributed by atoms with Crippen molar-refractivity contribution in [1.82, 2.24) is 5.32 Å². The molecule has 47 heavy (non-hydrogen) atoms. The number of esters is 1. The van der Waals surface area contributed by atoms with Gasteiger partial charge in [0, 0.05) is 12.8 Å². The molecule has 0 rings (SSSR count). The molecule has 0 aliphatic rings. The van der Waals surface area contributed by atoms with E-state index < -0.39 is 12.0 Å². The molecule has 0 saturated carbocycles. The number of aliphatic carboxylic acids is 1. The predicted octanol–water partition coefficient (Wildman–Crippen LogP) is 9.83. The van der Waals surface area contributed by atoms with E-state index in [1.807, 2.05) is 6.08 Å². The number of amides is 1. The van der Waals surface area contributed by atoms with Crippen LogP contribution in [-0.2, 0) is 19.1 Å². The maximum Gasteiger partial charge on any atom is 0.326 e. The Morgan fingerprint density at radius 2 is 1.23 bits per heavy atom. The van der Waals surface area contributed by atoms with Crippen molar-refractivity contribution < 1.29 is 24.2 Å². The van der Waals surface area contributed by atoms with Crippen LogP contribution < -0.4 is 11.1 Å². The first kappa shape index (κ1) is 44.1. The van der Waals surface area contributed by atoms with Crippen molar-refractivity contribution in [3.63, 3.8) is 0 Å². The van der Waals surface area contributed by atoms with Crippen LogP contribution in [0.15, 0.2) is 60.8 Å². The minimum atomic E-state index is -1.02. The molecule has 0 aliphatic heterocycles. The number of carbonyl (C=O) groups is 3. The fourth-order valence-electron chi connectivity index (χ4n) is 5.00. The molecule has 0 aromatic rings. The summed E-state index contributed by atoms with van der Waals surface area (Å²) in [5.74, 6) is -1.39. The van der Waals surface area contributed by atoms with Crippen molar-refractivity contribution in [1.29, 1.82) is 0 Å². The van der Waals surface area contributed by atoms with Gasteiger partial charge in [0.2, 0.25) is 5.91 Å². The first-order chi connectivity index (χ1) is 22.9. The lowest BCUT2D eigenvalue weighted by molar-refractivity contribution is -0.147. The Labute approximate surface area is 287 Å². The van der Waals surface area contributed by atoms with E-state index in [9.17, 15) is 19.5 Å². The molecule has 0 aliphatic carbocycles. The summed E-state index contributed by atoms with van der Waals surface area (Å²) in [7, 11) is 0. The second-order valence-electron chi connectivity index (χ2n) is 12.2. The molecule has 0 aromatic carbocycles. The molecule has 0 fully saturated rings. The number of carboxylic acids is 1. The SMILES string of the molecule is CC/C=C\C/C=C\C/C=C\CCCCCC(=O)OC(/C=C\C/C=C\CCCCCC)CCCCCCC(=O)NC(CCCN)C(=O)O. The third-order valence-electron chi connectivity index (χ3n) is 7.80. The number of unbranched alkanes of at least 4 members (excludes halogenated alkanes) is 10. The minimum absolute atomic E-state index is 0.136. The van der Waals surface area contributed by atoms with Crippen LogP contribution in [0.4, 0.5) is 0 Å². The zero-order chi connectivity index (χ0) is 34.6. The predicted molar refractivity (Wildman–Crippen MR) is 197 cm³/mol. The highest BCUT2D eigenvalue weighted by molar-refractivity contribution is 5.83. The maximum atomic E-state index is 12.6. The quantitative estimate of drug-likeness (QED) is 0.0377. The topological polar surface area (TPSA) is 119 Å². The average Bonchev–Trinajstić information content (AvgIpc) is 3.05. The number of allylic oxidation sites excluding steroid dienone is 9. The summed E-state index contributed by atoms with van der Waals surface area (Å²) in [5, 5.41) is 11.9. The van der Waals surface area contributed by atoms with E-state index in [-0.39, 0.29) is 18.0 Å². The lowest BCUT2D eigenvalue weighted by atomic mass is 10.1. The first-order valence-corrected chi connectivity index (χ1v) is 18.6. The van der Waals surface area contributed by atoms with Crippen LogP contribution >= 0.6 is 0 Å². The second-order valence-corrected chi connectivity index (χ2v) is 12.2. The van der Waals surface area contributed by atoms with E-state index in [0.29, 0.717) is 38.6 Å². The molecular formula is C40H68N2O5. The lowest BCUT2D eigenvalue weighted by Gasteiger charge is -2.15. The average molecular weight is 657 g/mol. The van der Waals surface area contributed by atoms with E-state index in [1.54, 1.807) is 0 Å². The summed E-state index contributed by atoms with van der Waals surface area (Å²) in [4.78, 5) is 36.2. The van der Waals surface area contributed by atoms with Gasteiger partial charge in [-0.3, -0.25) is 9.59 Å². The first-order valence-electron chi connectivity index (χ1n) is 18.6. The molecule has 0 radical (unpaired) electrons. The third kappa shape index (κ3) is 31.4. The Morgan fingerprint density at radius 3 is 1.87 bits per heavy atom. The zero-order valence-electron chi connectivity index (χ0n) is 29.8. The molecule has 0 bridgehead atoms. The van der Waals surface area contributed by atoms with Gasteiger partial charge in [0.25, 0.3) is 0 Å². The summed E-state index contributed by atoms with van der Waals surface area (Å²) in [6.45, 7) is 4.76. The molecule has 1 amide bonds. The Balaban J connectivity index is 4.49. The van der Waals surface area contributed by atoms with Gasteiger partial charge in [-0.25, -0.2) is 4.79 Å². The molecule has 7 heteroatoms. The number of ether oxygens (including phenoxy) is 1. The second kappa shape index (κ2) is 34.4. The zero-order valence-corrected chi connectivity index (χ0v) is 29.8. The fraction of sp³-hybridized carbons (Fsp3) is 0.675. The molecule has 268 valence electrons. The van der Waals surface area contributed by atoms with Gasteiger partial charge in [0.15, 0.2) is 0 Å². The number of hydrogen-bond donors (Lipinski definition) is 3. The number of carbonyl (C=O) groups excluding carboxylic acids is 2. The standard InChI is InChI=1S/C40H68N2O5/c1-3-5-7-9-11-13-14-15-16-18-20-22-28-34-39(44)47-36(30-25-21-19-17-12-10-8-6-4-2)31-26-23-24-27-33-38(43)42-37(40(45)46)32-29-35-41/h5,7,11,13,15-17,19,25,30,36-37H,3-4,6,8-10,12,14,18,20-24,26-29,31-35,41H2,1-2H3,(H,42,43)(H,45,46)/b7-5-,13-11-,16-15-,19-17-,30-25-. The van der Waals surface area contributed by atoms with Crippen LogP contribution in [0.5, 0.6) is 0 Å². The van der Waals surface area contributed by atoms with Gasteiger partial charge in [-0.1, -0.05) is 107 Å². The van der Waals surface area contributed by atoms with E-state index in [4.69, 9.17) is 10.5 Å². The van der Waals surface area contributed by atoms with E-state index >= 15 is 0 Å². The van der Waals surface area contributed by atoms with Crippen molar-refractivity contribution in [2.24, 2.45) is 5.73 Å². The van der Waals surface area contributed by atoms with Gasteiger partial charge in [0.05, 0.1) is 0 Å². The van der Waals surface area contributed by atoms with Crippen LogP contribution in [-0.4, -0.2) is 41.6 Å². The van der Waals surface area contributed by atoms with Crippen molar-refractivity contribution in [2.75, 3.05) is 6.54 Å². The third-order valence-corrected chi connectivity index (χ3v) is 7.80. The summed E-state index contributed by atoms with van der Waals surface area (Å²) < 4.78 is 5.87. The number of carboxylic acid groups (broad SMARTS) is 1. The largest absolute Gasteiger partial charge is 0.480 e. The Hall–Kier alpha value is -2.93. The molecule has 0 aromatic heterocycles. The van der Waals surface area contributed by atoms with Crippen LogP contribution in [0, 0.1) is 0 Å². The van der Waals surface area contributed by atoms with Crippen molar-refractivity contribution in [3.8, 4) is 0 Å². The molecular weight excluding hydrogens is 588 g/mol. The molecule has 2 atom stereocenters. The Bertz CT molecular complexity index is 922. The van der Waals surface area contributed by atoms with Gasteiger partial charge < -0.3 is 20.9 Å². The summed E-state index contributed by atoms with van der Waals surface area (Å²) in [6.07, 6.45) is 41.3. The highest BCUT2D eigenvalue weighted by Gasteiger charge is 2.18. The molecule has 4 N–H and O–H groups in total. The smallest absolute Gasteiger partial charge is 0.326 e. The van der Waals surface area contributed by atoms with Crippen LogP contribution in [0.1, 0.15) is 155 Å². The van der Waals surface area contributed by atoms with Gasteiger partial charge in [0.1, 0.15) is 12.1 Å². The van der Waals surface area contributed by atoms with Crippen LogP contribution in [0.3, 0.4) is 0 Å². The van der Waals surface area contributed by atoms with Gasteiger partial charge in [-0.15, -0.1) is 0 Å². The summed E-state index contributed by atoms with van der Waals surface area (Å²) in [5.41, 5.74) is 5.47.